The van der Waals surface area contributed by atoms with Crippen molar-refractivity contribution >= 4 is 5.91 Å². The van der Waals surface area contributed by atoms with Crippen LogP contribution >= 0.6 is 0 Å². The number of nitrogens with one attached hydrogen (secondary N) is 1. The molecule has 1 aromatic carbocycles. The lowest BCUT2D eigenvalue weighted by atomic mass is 9.77. The van der Waals surface area contributed by atoms with Gasteiger partial charge in [0.1, 0.15) is 5.75 Å². The fourth-order valence-corrected chi connectivity index (χ4v) is 4.41. The van der Waals surface area contributed by atoms with Gasteiger partial charge in [0.15, 0.2) is 0 Å². The Morgan fingerprint density at radius 3 is 2.46 bits per heavy atom. The van der Waals surface area contributed by atoms with E-state index in [2.05, 4.69) is 17.4 Å². The van der Waals surface area contributed by atoms with Crippen LogP contribution in [0.5, 0.6) is 5.75 Å². The molecule has 0 bridgehead atoms. The highest BCUT2D eigenvalue weighted by atomic mass is 16.5. The van der Waals surface area contributed by atoms with Gasteiger partial charge < -0.3 is 15.8 Å². The number of rotatable bonds is 5. The average molecular weight is 330 g/mol. The molecule has 2 fully saturated rings. The normalized spacial score (nSPS) is 22.1. The summed E-state index contributed by atoms with van der Waals surface area (Å²) in [7, 11) is 1.70. The summed E-state index contributed by atoms with van der Waals surface area (Å²) in [6.45, 7) is 0.679. The minimum atomic E-state index is -0.660. The van der Waals surface area contributed by atoms with Gasteiger partial charge in [-0.2, -0.15) is 0 Å². The summed E-state index contributed by atoms with van der Waals surface area (Å²) in [6.07, 6.45) is 9.57. The summed E-state index contributed by atoms with van der Waals surface area (Å²) in [5.74, 6) is 0.920. The first-order valence-corrected chi connectivity index (χ1v) is 9.30. The van der Waals surface area contributed by atoms with Gasteiger partial charge in [-0.05, 0) is 43.4 Å². The topological polar surface area (TPSA) is 64.3 Å². The lowest BCUT2D eigenvalue weighted by molar-refractivity contribution is -0.127. The van der Waals surface area contributed by atoms with Gasteiger partial charge in [0, 0.05) is 12.0 Å². The van der Waals surface area contributed by atoms with Gasteiger partial charge in [-0.25, -0.2) is 0 Å². The van der Waals surface area contributed by atoms with Gasteiger partial charge >= 0.3 is 0 Å². The van der Waals surface area contributed by atoms with Crippen LogP contribution in [0.15, 0.2) is 24.3 Å². The molecule has 3 rings (SSSR count). The summed E-state index contributed by atoms with van der Waals surface area (Å²) >= 11 is 0. The first-order chi connectivity index (χ1) is 11.6. The van der Waals surface area contributed by atoms with Gasteiger partial charge in [-0.3, -0.25) is 4.79 Å². The molecular weight excluding hydrogens is 300 g/mol. The van der Waals surface area contributed by atoms with Gasteiger partial charge in [-0.15, -0.1) is 0 Å². The molecule has 0 unspecified atom stereocenters. The molecule has 2 aliphatic rings. The predicted octanol–water partition coefficient (Wildman–Crippen LogP) is 3.28. The maximum absolute atomic E-state index is 12.7. The van der Waals surface area contributed by atoms with Crippen molar-refractivity contribution in [3.63, 3.8) is 0 Å². The molecule has 1 aromatic rings. The minimum absolute atomic E-state index is 0.0230. The Morgan fingerprint density at radius 2 is 1.79 bits per heavy atom. The molecule has 24 heavy (non-hydrogen) atoms. The molecule has 0 radical (unpaired) electrons. The smallest absolute Gasteiger partial charge is 0.240 e. The molecule has 0 atom stereocenters. The summed E-state index contributed by atoms with van der Waals surface area (Å²) in [5.41, 5.74) is 7.02. The molecule has 2 aliphatic carbocycles. The van der Waals surface area contributed by atoms with Crippen LogP contribution in [0.4, 0.5) is 0 Å². The number of hydrogen-bond acceptors (Lipinski definition) is 3. The molecule has 0 spiro atoms. The van der Waals surface area contributed by atoms with Crippen molar-refractivity contribution in [1.29, 1.82) is 0 Å². The summed E-state index contributed by atoms with van der Waals surface area (Å²) in [5, 5.41) is 3.21. The largest absolute Gasteiger partial charge is 0.497 e. The highest BCUT2D eigenvalue weighted by molar-refractivity contribution is 5.86. The van der Waals surface area contributed by atoms with Crippen LogP contribution in [0.2, 0.25) is 0 Å². The number of ether oxygens (including phenoxy) is 1. The maximum Gasteiger partial charge on any atom is 0.240 e. The van der Waals surface area contributed by atoms with E-state index in [9.17, 15) is 4.79 Å². The monoisotopic (exact) mass is 330 g/mol. The van der Waals surface area contributed by atoms with Crippen LogP contribution in [-0.4, -0.2) is 25.1 Å². The van der Waals surface area contributed by atoms with E-state index in [-0.39, 0.29) is 11.3 Å². The number of carbonyl (C=O) groups excluding carboxylic acids is 1. The molecule has 3 N–H and O–H groups in total. The van der Waals surface area contributed by atoms with Crippen LogP contribution in [0.3, 0.4) is 0 Å². The first-order valence-electron chi connectivity index (χ1n) is 9.30. The van der Waals surface area contributed by atoms with Crippen LogP contribution < -0.4 is 15.8 Å². The highest BCUT2D eigenvalue weighted by Crippen LogP contribution is 2.41. The number of benzene rings is 1. The number of amides is 1. The van der Waals surface area contributed by atoms with E-state index in [1.807, 2.05) is 12.1 Å². The molecule has 4 heteroatoms. The van der Waals surface area contributed by atoms with E-state index in [0.29, 0.717) is 6.54 Å². The van der Waals surface area contributed by atoms with Crippen LogP contribution in [0.25, 0.3) is 0 Å². The Morgan fingerprint density at radius 1 is 1.12 bits per heavy atom. The Bertz CT molecular complexity index is 573. The second-order valence-corrected chi connectivity index (χ2v) is 7.62. The summed E-state index contributed by atoms with van der Waals surface area (Å²) in [6, 6.07) is 8.30. The van der Waals surface area contributed by atoms with Gasteiger partial charge in [0.05, 0.1) is 12.6 Å². The summed E-state index contributed by atoms with van der Waals surface area (Å²) < 4.78 is 5.39. The zero-order valence-electron chi connectivity index (χ0n) is 14.8. The molecule has 0 saturated heterocycles. The molecule has 1 amide bonds. The van der Waals surface area contributed by atoms with E-state index in [4.69, 9.17) is 10.5 Å². The van der Waals surface area contributed by atoms with Crippen molar-refractivity contribution in [2.24, 2.45) is 5.73 Å². The number of methoxy groups -OCH3 is 1. The van der Waals surface area contributed by atoms with Crippen molar-refractivity contribution in [3.8, 4) is 5.75 Å². The first kappa shape index (κ1) is 17.3. The third-order valence-corrected chi connectivity index (χ3v) is 6.03. The van der Waals surface area contributed by atoms with Crippen LogP contribution in [-0.2, 0) is 10.2 Å². The third kappa shape index (κ3) is 3.44. The van der Waals surface area contributed by atoms with Crippen molar-refractivity contribution in [2.75, 3.05) is 13.7 Å². The van der Waals surface area contributed by atoms with Gasteiger partial charge in [0.2, 0.25) is 5.91 Å². The van der Waals surface area contributed by atoms with E-state index in [1.165, 1.54) is 24.8 Å². The SMILES string of the molecule is COc1cccc(C2(CNC(=O)C3(N)CCCCC3)CCCC2)c1. The highest BCUT2D eigenvalue weighted by Gasteiger charge is 2.39. The lowest BCUT2D eigenvalue weighted by Gasteiger charge is -2.35. The number of hydrogen-bond donors (Lipinski definition) is 2. The summed E-state index contributed by atoms with van der Waals surface area (Å²) in [4.78, 5) is 12.7. The van der Waals surface area contributed by atoms with E-state index >= 15 is 0 Å². The van der Waals surface area contributed by atoms with Gasteiger partial charge in [0.25, 0.3) is 0 Å². The van der Waals surface area contributed by atoms with Crippen LogP contribution in [0, 0.1) is 0 Å². The Hall–Kier alpha value is -1.55. The molecule has 0 aromatic heterocycles. The Labute approximate surface area is 145 Å². The molecule has 0 aliphatic heterocycles. The lowest BCUT2D eigenvalue weighted by Crippen LogP contribution is -2.56. The molecule has 4 nitrogen and oxygen atoms in total. The number of nitrogens with two attached hydrogens (primary N) is 1. The zero-order valence-corrected chi connectivity index (χ0v) is 14.8. The predicted molar refractivity (Wildman–Crippen MR) is 96.2 cm³/mol. The van der Waals surface area contributed by atoms with E-state index < -0.39 is 5.54 Å². The minimum Gasteiger partial charge on any atom is -0.497 e. The Kier molecular flexibility index (Phi) is 5.14. The van der Waals surface area contributed by atoms with E-state index in [1.54, 1.807) is 7.11 Å². The van der Waals surface area contributed by atoms with Crippen molar-refractivity contribution < 1.29 is 9.53 Å². The second kappa shape index (κ2) is 7.14. The zero-order chi connectivity index (χ0) is 17.0. The molecular formula is C20H30N2O2. The van der Waals surface area contributed by atoms with Crippen LogP contribution in [0.1, 0.15) is 63.4 Å². The van der Waals surface area contributed by atoms with E-state index in [0.717, 1.165) is 44.3 Å². The molecule has 132 valence electrons. The maximum atomic E-state index is 12.7. The third-order valence-electron chi connectivity index (χ3n) is 6.03. The molecule has 0 heterocycles. The van der Waals surface area contributed by atoms with Gasteiger partial charge in [-0.1, -0.05) is 44.2 Å². The fraction of sp³-hybridized carbons (Fsp3) is 0.650. The van der Waals surface area contributed by atoms with Crippen molar-refractivity contribution in [1.82, 2.24) is 5.32 Å². The average Bonchev–Trinajstić information content (AvgIpc) is 3.10. The number of carbonyl (C=O) groups is 1. The van der Waals surface area contributed by atoms with Crippen molar-refractivity contribution in [2.45, 2.75) is 68.7 Å². The molecule has 2 saturated carbocycles. The van der Waals surface area contributed by atoms with Crippen molar-refractivity contribution in [3.05, 3.63) is 29.8 Å². The quantitative estimate of drug-likeness (QED) is 0.871. The fourth-order valence-electron chi connectivity index (χ4n) is 4.41. The second-order valence-electron chi connectivity index (χ2n) is 7.62. The Balaban J connectivity index is 1.73. The standard InChI is InChI=1S/C20H30N2O2/c1-24-17-9-7-8-16(14-17)19(10-5-6-11-19)15-22-18(23)20(21)12-3-2-4-13-20/h7-9,14H,2-6,10-13,15,21H2,1H3,(H,22,23).